The van der Waals surface area contributed by atoms with Crippen LogP contribution < -0.4 is 0 Å². The number of aryl methyl sites for hydroxylation is 1. The molecule has 0 saturated carbocycles. The SMILES string of the molecule is CCCCc1oc([C@@H](OC(C)=O)[C@H](C)C(=O)N2C(=O)OC[C@@H]2Cc2ccccc2)cc1Br. The van der Waals surface area contributed by atoms with Gasteiger partial charge < -0.3 is 13.9 Å². The first-order valence-electron chi connectivity index (χ1n) is 10.8. The summed E-state index contributed by atoms with van der Waals surface area (Å²) in [5.74, 6) is -0.753. The lowest BCUT2D eigenvalue weighted by Gasteiger charge is -2.27. The van der Waals surface area contributed by atoms with Gasteiger partial charge in [0, 0.05) is 13.3 Å². The molecule has 1 aliphatic rings. The van der Waals surface area contributed by atoms with Crippen LogP contribution in [-0.4, -0.2) is 35.5 Å². The molecule has 1 aromatic heterocycles. The van der Waals surface area contributed by atoms with E-state index in [1.165, 1.54) is 6.92 Å². The van der Waals surface area contributed by atoms with Gasteiger partial charge in [0.15, 0.2) is 6.10 Å². The second-order valence-corrected chi connectivity index (χ2v) is 8.83. The van der Waals surface area contributed by atoms with Crippen LogP contribution in [0.2, 0.25) is 0 Å². The summed E-state index contributed by atoms with van der Waals surface area (Å²) >= 11 is 3.49. The molecule has 2 aromatic rings. The Labute approximate surface area is 196 Å². The quantitative estimate of drug-likeness (QED) is 0.434. The Morgan fingerprint density at radius 3 is 2.66 bits per heavy atom. The van der Waals surface area contributed by atoms with Crippen molar-refractivity contribution < 1.29 is 28.3 Å². The minimum absolute atomic E-state index is 0.123. The van der Waals surface area contributed by atoms with Crippen molar-refractivity contribution >= 4 is 33.9 Å². The monoisotopic (exact) mass is 505 g/mol. The molecule has 2 heterocycles. The van der Waals surface area contributed by atoms with Crippen LogP contribution in [0.25, 0.3) is 0 Å². The van der Waals surface area contributed by atoms with Gasteiger partial charge in [0.25, 0.3) is 0 Å². The van der Waals surface area contributed by atoms with E-state index in [4.69, 9.17) is 13.9 Å². The number of carbonyl (C=O) groups is 3. The number of hydrogen-bond acceptors (Lipinski definition) is 6. The summed E-state index contributed by atoms with van der Waals surface area (Å²) < 4.78 is 17.4. The van der Waals surface area contributed by atoms with Crippen LogP contribution in [0, 0.1) is 5.92 Å². The highest BCUT2D eigenvalue weighted by atomic mass is 79.9. The first-order valence-corrected chi connectivity index (χ1v) is 11.6. The van der Waals surface area contributed by atoms with E-state index in [1.807, 2.05) is 30.3 Å². The lowest BCUT2D eigenvalue weighted by atomic mass is 9.98. The fraction of sp³-hybridized carbons (Fsp3) is 0.458. The lowest BCUT2D eigenvalue weighted by Crippen LogP contribution is -2.44. The summed E-state index contributed by atoms with van der Waals surface area (Å²) in [6, 6.07) is 10.9. The number of hydrogen-bond donors (Lipinski definition) is 0. The van der Waals surface area contributed by atoms with Gasteiger partial charge in [-0.05, 0) is 47.3 Å². The first-order chi connectivity index (χ1) is 15.3. The molecule has 1 saturated heterocycles. The summed E-state index contributed by atoms with van der Waals surface area (Å²) in [6.45, 7) is 5.12. The van der Waals surface area contributed by atoms with Crippen LogP contribution in [0.5, 0.6) is 0 Å². The first kappa shape index (κ1) is 24.0. The molecule has 3 rings (SSSR count). The zero-order chi connectivity index (χ0) is 23.3. The highest BCUT2D eigenvalue weighted by Gasteiger charge is 2.43. The molecular formula is C24H28BrNO6. The fourth-order valence-corrected chi connectivity index (χ4v) is 4.28. The molecule has 172 valence electrons. The van der Waals surface area contributed by atoms with Gasteiger partial charge in [0.2, 0.25) is 5.91 Å². The molecule has 0 unspecified atom stereocenters. The van der Waals surface area contributed by atoms with Crippen LogP contribution in [0.15, 0.2) is 45.3 Å². The third kappa shape index (κ3) is 5.59. The van der Waals surface area contributed by atoms with Crippen molar-refractivity contribution in [3.63, 3.8) is 0 Å². The Bertz CT molecular complexity index is 957. The Morgan fingerprint density at radius 2 is 2.00 bits per heavy atom. The fourth-order valence-electron chi connectivity index (χ4n) is 3.78. The number of esters is 1. The van der Waals surface area contributed by atoms with Crippen LogP contribution >= 0.6 is 15.9 Å². The summed E-state index contributed by atoms with van der Waals surface area (Å²) in [6.07, 6.45) is 1.51. The summed E-state index contributed by atoms with van der Waals surface area (Å²) in [5.41, 5.74) is 0.994. The number of furan rings is 1. The standard InChI is InChI=1S/C24H28BrNO6/c1-4-5-11-20-19(25)13-21(32-20)22(31-16(3)27)15(2)23(28)26-18(14-30-24(26)29)12-17-9-7-6-8-10-17/h6-10,13,15,18,22H,4-5,11-12,14H2,1-3H3/t15-,18-,22-/m0/s1. The van der Waals surface area contributed by atoms with Crippen LogP contribution in [0.3, 0.4) is 0 Å². The average Bonchev–Trinajstić information content (AvgIpc) is 3.32. The van der Waals surface area contributed by atoms with E-state index in [9.17, 15) is 14.4 Å². The van der Waals surface area contributed by atoms with E-state index in [-0.39, 0.29) is 6.61 Å². The Hall–Kier alpha value is -2.61. The largest absolute Gasteiger partial charge is 0.461 e. The zero-order valence-corrected chi connectivity index (χ0v) is 20.1. The molecule has 0 aliphatic carbocycles. The predicted octanol–water partition coefficient (Wildman–Crippen LogP) is 5.22. The third-order valence-electron chi connectivity index (χ3n) is 5.46. The van der Waals surface area contributed by atoms with Gasteiger partial charge in [-0.1, -0.05) is 43.7 Å². The van der Waals surface area contributed by atoms with Crippen LogP contribution in [0.4, 0.5) is 4.79 Å². The van der Waals surface area contributed by atoms with Gasteiger partial charge in [-0.2, -0.15) is 0 Å². The molecular weight excluding hydrogens is 478 g/mol. The van der Waals surface area contributed by atoms with E-state index < -0.39 is 36.0 Å². The Morgan fingerprint density at radius 1 is 1.28 bits per heavy atom. The van der Waals surface area contributed by atoms with Gasteiger partial charge >= 0.3 is 12.1 Å². The van der Waals surface area contributed by atoms with Gasteiger partial charge in [-0.3, -0.25) is 9.59 Å². The van der Waals surface area contributed by atoms with Crippen molar-refractivity contribution in [1.82, 2.24) is 4.90 Å². The Balaban J connectivity index is 1.83. The van der Waals surface area contributed by atoms with Gasteiger partial charge in [0.1, 0.15) is 18.1 Å². The predicted molar refractivity (Wildman–Crippen MR) is 121 cm³/mol. The number of rotatable bonds is 9. The van der Waals surface area contributed by atoms with Crippen molar-refractivity contribution in [3.8, 4) is 0 Å². The van der Waals surface area contributed by atoms with Gasteiger partial charge in [0.05, 0.1) is 16.4 Å². The number of benzene rings is 1. The molecule has 7 nitrogen and oxygen atoms in total. The molecule has 0 radical (unpaired) electrons. The third-order valence-corrected chi connectivity index (χ3v) is 6.13. The number of imide groups is 1. The zero-order valence-electron chi connectivity index (χ0n) is 18.5. The molecule has 0 bridgehead atoms. The minimum atomic E-state index is -0.961. The van der Waals surface area contributed by atoms with E-state index in [2.05, 4.69) is 22.9 Å². The number of carbonyl (C=O) groups excluding carboxylic acids is 3. The van der Waals surface area contributed by atoms with Crippen LogP contribution in [-0.2, 0) is 31.9 Å². The Kier molecular flexibility index (Phi) is 8.12. The second-order valence-electron chi connectivity index (χ2n) is 7.97. The molecule has 1 fully saturated rings. The lowest BCUT2D eigenvalue weighted by molar-refractivity contribution is -0.154. The number of halogens is 1. The maximum Gasteiger partial charge on any atom is 0.416 e. The molecule has 32 heavy (non-hydrogen) atoms. The van der Waals surface area contributed by atoms with E-state index in [0.717, 1.165) is 40.0 Å². The number of cyclic esters (lactones) is 1. The van der Waals surface area contributed by atoms with E-state index in [0.29, 0.717) is 12.2 Å². The normalized spacial score (nSPS) is 17.7. The van der Waals surface area contributed by atoms with Crippen molar-refractivity contribution in [2.45, 2.75) is 58.6 Å². The highest BCUT2D eigenvalue weighted by molar-refractivity contribution is 9.10. The van der Waals surface area contributed by atoms with Crippen LogP contribution in [0.1, 0.15) is 56.8 Å². The molecule has 0 N–H and O–H groups in total. The number of amides is 2. The highest BCUT2D eigenvalue weighted by Crippen LogP contribution is 2.35. The maximum atomic E-state index is 13.4. The van der Waals surface area contributed by atoms with Crippen molar-refractivity contribution in [2.75, 3.05) is 6.61 Å². The smallest absolute Gasteiger partial charge is 0.416 e. The summed E-state index contributed by atoms with van der Waals surface area (Å²) in [7, 11) is 0. The molecule has 0 spiro atoms. The molecule has 3 atom stereocenters. The van der Waals surface area contributed by atoms with E-state index in [1.54, 1.807) is 13.0 Å². The van der Waals surface area contributed by atoms with E-state index >= 15 is 0 Å². The number of nitrogens with zero attached hydrogens (tertiary/aromatic N) is 1. The van der Waals surface area contributed by atoms with Gasteiger partial charge in [-0.15, -0.1) is 0 Å². The summed E-state index contributed by atoms with van der Waals surface area (Å²) in [4.78, 5) is 38.8. The number of ether oxygens (including phenoxy) is 2. The maximum absolute atomic E-state index is 13.4. The topological polar surface area (TPSA) is 86.0 Å². The van der Waals surface area contributed by atoms with Crippen molar-refractivity contribution in [1.29, 1.82) is 0 Å². The van der Waals surface area contributed by atoms with Crippen molar-refractivity contribution in [3.05, 3.63) is 58.0 Å². The molecule has 8 heteroatoms. The number of unbranched alkanes of at least 4 members (excludes halogenated alkanes) is 1. The summed E-state index contributed by atoms with van der Waals surface area (Å²) in [5, 5.41) is 0. The molecule has 1 aromatic carbocycles. The van der Waals surface area contributed by atoms with Gasteiger partial charge in [-0.25, -0.2) is 9.69 Å². The van der Waals surface area contributed by atoms with Crippen molar-refractivity contribution in [2.24, 2.45) is 5.92 Å². The second kappa shape index (κ2) is 10.8. The minimum Gasteiger partial charge on any atom is -0.461 e. The molecule has 2 amide bonds. The average molecular weight is 506 g/mol. The molecule has 1 aliphatic heterocycles.